The van der Waals surface area contributed by atoms with E-state index in [0.717, 1.165) is 0 Å². The molecular formula is C23H21N3O3. The van der Waals surface area contributed by atoms with Crippen LogP contribution in [0.4, 0.5) is 5.69 Å². The van der Waals surface area contributed by atoms with E-state index in [0.29, 0.717) is 46.4 Å². The zero-order valence-corrected chi connectivity index (χ0v) is 16.3. The Labute approximate surface area is 168 Å². The van der Waals surface area contributed by atoms with Crippen molar-refractivity contribution in [1.29, 1.82) is 0 Å². The van der Waals surface area contributed by atoms with Crippen LogP contribution in [0.15, 0.2) is 72.9 Å². The van der Waals surface area contributed by atoms with Gasteiger partial charge in [-0.15, -0.1) is 0 Å². The number of aryl methyl sites for hydroxylation is 1. The lowest BCUT2D eigenvalue weighted by Gasteiger charge is -2.12. The first-order valence-electron chi connectivity index (χ1n) is 9.38. The van der Waals surface area contributed by atoms with E-state index in [1.54, 1.807) is 11.5 Å². The lowest BCUT2D eigenvalue weighted by molar-refractivity contribution is 0.102. The third-order valence-corrected chi connectivity index (χ3v) is 4.56. The second-order valence-electron chi connectivity index (χ2n) is 6.40. The highest BCUT2D eigenvalue weighted by Crippen LogP contribution is 2.30. The minimum absolute atomic E-state index is 0.258. The predicted molar refractivity (Wildman–Crippen MR) is 112 cm³/mol. The molecule has 6 heteroatoms. The number of imidazole rings is 1. The summed E-state index contributed by atoms with van der Waals surface area (Å²) in [6.07, 6.45) is 2.43. The molecular weight excluding hydrogens is 366 g/mol. The van der Waals surface area contributed by atoms with Crippen LogP contribution >= 0.6 is 0 Å². The normalized spacial score (nSPS) is 10.7. The van der Waals surface area contributed by atoms with Gasteiger partial charge in [0.15, 0.2) is 17.1 Å². The molecule has 2 aromatic heterocycles. The van der Waals surface area contributed by atoms with E-state index in [9.17, 15) is 4.79 Å². The second-order valence-corrected chi connectivity index (χ2v) is 6.40. The number of ether oxygens (including phenoxy) is 2. The number of nitrogens with zero attached hydrogens (tertiary/aromatic N) is 2. The van der Waals surface area contributed by atoms with Crippen LogP contribution in [0.5, 0.6) is 17.2 Å². The van der Waals surface area contributed by atoms with Crippen LogP contribution in [0.25, 0.3) is 5.65 Å². The van der Waals surface area contributed by atoms with Crippen molar-refractivity contribution in [2.75, 3.05) is 12.4 Å². The van der Waals surface area contributed by atoms with Gasteiger partial charge in [0, 0.05) is 6.20 Å². The first kappa shape index (κ1) is 18.6. The van der Waals surface area contributed by atoms with Crippen molar-refractivity contribution in [1.82, 2.24) is 9.38 Å². The molecule has 0 aliphatic rings. The number of fused-ring (bicyclic) bond motifs is 1. The van der Waals surface area contributed by atoms with Gasteiger partial charge in [0.05, 0.1) is 18.5 Å². The zero-order valence-electron chi connectivity index (χ0n) is 16.3. The van der Waals surface area contributed by atoms with Gasteiger partial charge in [-0.05, 0) is 42.8 Å². The largest absolute Gasteiger partial charge is 0.493 e. The Bertz CT molecular complexity index is 1150. The summed E-state index contributed by atoms with van der Waals surface area (Å²) in [6, 6.07) is 20.5. The molecule has 0 bridgehead atoms. The van der Waals surface area contributed by atoms with Crippen molar-refractivity contribution in [3.05, 3.63) is 84.3 Å². The Balaban J connectivity index is 1.69. The smallest absolute Gasteiger partial charge is 0.274 e. The highest BCUT2D eigenvalue weighted by molar-refractivity contribution is 6.05. The average molecular weight is 387 g/mol. The van der Waals surface area contributed by atoms with Crippen LogP contribution in [0, 0.1) is 0 Å². The first-order chi connectivity index (χ1) is 14.2. The van der Waals surface area contributed by atoms with E-state index in [2.05, 4.69) is 10.3 Å². The van der Waals surface area contributed by atoms with Gasteiger partial charge in [-0.25, -0.2) is 4.98 Å². The maximum atomic E-state index is 13.2. The summed E-state index contributed by atoms with van der Waals surface area (Å²) in [7, 11) is 1.59. The number of rotatable bonds is 6. The molecule has 29 heavy (non-hydrogen) atoms. The third-order valence-electron chi connectivity index (χ3n) is 4.56. The van der Waals surface area contributed by atoms with E-state index in [4.69, 9.17) is 9.47 Å². The lowest BCUT2D eigenvalue weighted by atomic mass is 10.2. The number of hydrogen-bond donors (Lipinski definition) is 1. The predicted octanol–water partition coefficient (Wildman–Crippen LogP) is 4.95. The molecule has 0 aliphatic heterocycles. The minimum atomic E-state index is -0.258. The maximum absolute atomic E-state index is 13.2. The number of methoxy groups -OCH3 is 1. The average Bonchev–Trinajstić information content (AvgIpc) is 3.15. The fourth-order valence-corrected chi connectivity index (χ4v) is 3.19. The highest BCUT2D eigenvalue weighted by Gasteiger charge is 2.21. The Morgan fingerprint density at radius 1 is 1.00 bits per heavy atom. The van der Waals surface area contributed by atoms with Gasteiger partial charge in [0.25, 0.3) is 5.91 Å². The van der Waals surface area contributed by atoms with E-state index in [1.807, 2.05) is 79.9 Å². The number of para-hydroxylation sites is 3. The quantitative estimate of drug-likeness (QED) is 0.508. The molecule has 4 aromatic rings. The van der Waals surface area contributed by atoms with Crippen molar-refractivity contribution in [2.24, 2.45) is 0 Å². The first-order valence-corrected chi connectivity index (χ1v) is 9.38. The molecule has 1 N–H and O–H groups in total. The summed E-state index contributed by atoms with van der Waals surface area (Å²) >= 11 is 0. The molecule has 146 valence electrons. The molecule has 0 radical (unpaired) electrons. The van der Waals surface area contributed by atoms with Crippen molar-refractivity contribution in [3.8, 4) is 17.2 Å². The van der Waals surface area contributed by atoms with Gasteiger partial charge in [-0.1, -0.05) is 37.3 Å². The third kappa shape index (κ3) is 3.65. The van der Waals surface area contributed by atoms with E-state index >= 15 is 0 Å². The molecule has 0 unspecified atom stereocenters. The number of carbonyl (C=O) groups excluding carboxylic acids is 1. The monoisotopic (exact) mass is 387 g/mol. The summed E-state index contributed by atoms with van der Waals surface area (Å²) in [6.45, 7) is 1.97. The fraction of sp³-hybridized carbons (Fsp3) is 0.130. The molecule has 0 spiro atoms. The van der Waals surface area contributed by atoms with Crippen LogP contribution < -0.4 is 14.8 Å². The van der Waals surface area contributed by atoms with Crippen molar-refractivity contribution < 1.29 is 14.3 Å². The van der Waals surface area contributed by atoms with Crippen LogP contribution in [0.1, 0.15) is 23.1 Å². The molecule has 2 heterocycles. The fourth-order valence-electron chi connectivity index (χ4n) is 3.19. The number of aromatic nitrogens is 2. The van der Waals surface area contributed by atoms with Gasteiger partial charge in [-0.2, -0.15) is 0 Å². The van der Waals surface area contributed by atoms with Crippen LogP contribution in [-0.4, -0.2) is 22.4 Å². The summed E-state index contributed by atoms with van der Waals surface area (Å²) in [4.78, 5) is 17.8. The summed E-state index contributed by atoms with van der Waals surface area (Å²) in [5, 5.41) is 2.97. The Morgan fingerprint density at radius 2 is 1.72 bits per heavy atom. The van der Waals surface area contributed by atoms with Gasteiger partial charge in [-0.3, -0.25) is 9.20 Å². The molecule has 1 amide bonds. The van der Waals surface area contributed by atoms with E-state index in [1.165, 1.54) is 0 Å². The van der Waals surface area contributed by atoms with Crippen molar-refractivity contribution in [3.63, 3.8) is 0 Å². The highest BCUT2D eigenvalue weighted by atomic mass is 16.5. The number of anilines is 1. The minimum Gasteiger partial charge on any atom is -0.493 e. The lowest BCUT2D eigenvalue weighted by Crippen LogP contribution is -2.16. The number of carbonyl (C=O) groups is 1. The number of benzene rings is 2. The second kappa shape index (κ2) is 8.06. The molecule has 0 saturated heterocycles. The summed E-state index contributed by atoms with van der Waals surface area (Å²) in [5.41, 5.74) is 2.39. The number of pyridine rings is 1. The Kier molecular flexibility index (Phi) is 5.16. The van der Waals surface area contributed by atoms with Crippen molar-refractivity contribution >= 4 is 17.2 Å². The van der Waals surface area contributed by atoms with Gasteiger partial charge in [0.2, 0.25) is 0 Å². The molecule has 6 nitrogen and oxygen atoms in total. The van der Waals surface area contributed by atoms with Gasteiger partial charge in [0.1, 0.15) is 11.4 Å². The number of hydrogen-bond acceptors (Lipinski definition) is 4. The van der Waals surface area contributed by atoms with Crippen molar-refractivity contribution in [2.45, 2.75) is 13.3 Å². The van der Waals surface area contributed by atoms with Crippen LogP contribution in [0.2, 0.25) is 0 Å². The SMILES string of the molecule is CCc1nc2c(OC)cccn2c1C(=O)Nc1ccccc1Oc1ccccc1. The van der Waals surface area contributed by atoms with Gasteiger partial charge < -0.3 is 14.8 Å². The molecule has 0 saturated carbocycles. The molecule has 2 aromatic carbocycles. The molecule has 4 rings (SSSR count). The van der Waals surface area contributed by atoms with Crippen LogP contribution in [-0.2, 0) is 6.42 Å². The Hall–Kier alpha value is -3.80. The molecule has 0 atom stereocenters. The Morgan fingerprint density at radius 3 is 2.48 bits per heavy atom. The zero-order chi connectivity index (χ0) is 20.2. The molecule has 0 aliphatic carbocycles. The van der Waals surface area contributed by atoms with Gasteiger partial charge >= 0.3 is 0 Å². The standard InChI is InChI=1S/C23H21N3O3/c1-3-17-21(26-15-9-14-20(28-2)22(26)24-17)23(27)25-18-12-7-8-13-19(18)29-16-10-5-4-6-11-16/h4-15H,3H2,1-2H3,(H,25,27). The summed E-state index contributed by atoms with van der Waals surface area (Å²) < 4.78 is 13.1. The number of amides is 1. The molecule has 0 fully saturated rings. The maximum Gasteiger partial charge on any atom is 0.274 e. The van der Waals surface area contributed by atoms with E-state index < -0.39 is 0 Å². The van der Waals surface area contributed by atoms with Crippen LogP contribution in [0.3, 0.4) is 0 Å². The van der Waals surface area contributed by atoms with E-state index in [-0.39, 0.29) is 5.91 Å². The summed E-state index contributed by atoms with van der Waals surface area (Å²) in [5.74, 6) is 1.63. The number of nitrogens with one attached hydrogen (secondary N) is 1. The topological polar surface area (TPSA) is 64.9 Å².